The number of rotatable bonds is 4. The van der Waals surface area contributed by atoms with Gasteiger partial charge in [-0.2, -0.15) is 13.2 Å². The molecular weight excluding hydrogens is 382 g/mol. The van der Waals surface area contributed by atoms with E-state index >= 15 is 0 Å². The van der Waals surface area contributed by atoms with Crippen LogP contribution in [0.5, 0.6) is 0 Å². The number of hydrogen-bond donors (Lipinski definition) is 2. The average Bonchev–Trinajstić information content (AvgIpc) is 2.34. The summed E-state index contributed by atoms with van der Waals surface area (Å²) in [5, 5.41) is 5.62. The highest BCUT2D eigenvalue weighted by Gasteiger charge is 2.26. The standard InChI is InChI=1S/C13H18F3N3.HI/c1-10-5-3-4-6-11(10)9-19-12(17-2)18-8-7-13(14,15)16;/h3-6H,7-9H2,1-2H3,(H2,17,18,19);1H. The Kier molecular flexibility index (Phi) is 8.59. The minimum atomic E-state index is -4.15. The van der Waals surface area contributed by atoms with Gasteiger partial charge in [0.25, 0.3) is 0 Å². The van der Waals surface area contributed by atoms with Gasteiger partial charge in [0.1, 0.15) is 0 Å². The van der Waals surface area contributed by atoms with E-state index in [0.717, 1.165) is 11.1 Å². The number of halogens is 4. The van der Waals surface area contributed by atoms with Crippen molar-refractivity contribution in [2.24, 2.45) is 4.99 Å². The van der Waals surface area contributed by atoms with Crippen molar-refractivity contribution < 1.29 is 13.2 Å². The molecule has 20 heavy (non-hydrogen) atoms. The highest BCUT2D eigenvalue weighted by atomic mass is 127. The quantitative estimate of drug-likeness (QED) is 0.462. The Balaban J connectivity index is 0.00000361. The molecule has 7 heteroatoms. The van der Waals surface area contributed by atoms with Gasteiger partial charge in [0.2, 0.25) is 0 Å². The first-order valence-corrected chi connectivity index (χ1v) is 5.98. The summed E-state index contributed by atoms with van der Waals surface area (Å²) in [4.78, 5) is 3.88. The van der Waals surface area contributed by atoms with Crippen LogP contribution < -0.4 is 10.6 Å². The first-order valence-electron chi connectivity index (χ1n) is 5.98. The van der Waals surface area contributed by atoms with E-state index in [0.29, 0.717) is 12.5 Å². The molecule has 0 unspecified atom stereocenters. The second-order valence-corrected chi connectivity index (χ2v) is 4.14. The van der Waals surface area contributed by atoms with Crippen LogP contribution in [0.15, 0.2) is 29.3 Å². The van der Waals surface area contributed by atoms with Gasteiger partial charge in [-0.15, -0.1) is 24.0 Å². The number of nitrogens with zero attached hydrogens (tertiary/aromatic N) is 1. The van der Waals surface area contributed by atoms with E-state index < -0.39 is 12.6 Å². The van der Waals surface area contributed by atoms with Gasteiger partial charge in [-0.25, -0.2) is 0 Å². The molecule has 0 saturated heterocycles. The average molecular weight is 401 g/mol. The monoisotopic (exact) mass is 401 g/mol. The maximum Gasteiger partial charge on any atom is 0.390 e. The van der Waals surface area contributed by atoms with E-state index in [2.05, 4.69) is 15.6 Å². The lowest BCUT2D eigenvalue weighted by Gasteiger charge is -2.13. The first-order chi connectivity index (χ1) is 8.92. The van der Waals surface area contributed by atoms with Gasteiger partial charge in [0.15, 0.2) is 5.96 Å². The second kappa shape index (κ2) is 9.04. The Bertz CT molecular complexity index is 433. The molecule has 0 radical (unpaired) electrons. The molecule has 0 spiro atoms. The maximum absolute atomic E-state index is 12.0. The second-order valence-electron chi connectivity index (χ2n) is 4.14. The summed E-state index contributed by atoms with van der Waals surface area (Å²) >= 11 is 0. The van der Waals surface area contributed by atoms with Gasteiger partial charge in [0.05, 0.1) is 6.42 Å². The van der Waals surface area contributed by atoms with Crippen molar-refractivity contribution in [2.75, 3.05) is 13.6 Å². The Labute approximate surface area is 134 Å². The van der Waals surface area contributed by atoms with E-state index in [1.54, 1.807) is 0 Å². The third-order valence-corrected chi connectivity index (χ3v) is 2.63. The van der Waals surface area contributed by atoms with Crippen LogP contribution in [0.3, 0.4) is 0 Å². The molecule has 1 aromatic carbocycles. The van der Waals surface area contributed by atoms with Gasteiger partial charge in [-0.3, -0.25) is 4.99 Å². The fourth-order valence-corrected chi connectivity index (χ4v) is 1.53. The Morgan fingerprint density at radius 3 is 2.40 bits per heavy atom. The number of hydrogen-bond acceptors (Lipinski definition) is 1. The number of nitrogens with one attached hydrogen (secondary N) is 2. The fourth-order valence-electron chi connectivity index (χ4n) is 1.53. The third kappa shape index (κ3) is 7.56. The predicted octanol–water partition coefficient (Wildman–Crippen LogP) is 3.23. The van der Waals surface area contributed by atoms with E-state index in [1.165, 1.54) is 7.05 Å². The van der Waals surface area contributed by atoms with Crippen LogP contribution in [0.25, 0.3) is 0 Å². The molecule has 0 fully saturated rings. The number of benzene rings is 1. The predicted molar refractivity (Wildman–Crippen MR) is 85.5 cm³/mol. The summed E-state index contributed by atoms with van der Waals surface area (Å²) in [6.45, 7) is 2.33. The molecule has 0 bridgehead atoms. The Hall–Kier alpha value is -0.990. The summed E-state index contributed by atoms with van der Waals surface area (Å²) in [7, 11) is 1.53. The molecule has 2 N–H and O–H groups in total. The summed E-state index contributed by atoms with van der Waals surface area (Å²) in [6.07, 6.45) is -5.03. The normalized spacial score (nSPS) is 11.8. The van der Waals surface area contributed by atoms with Crippen LogP contribution in [0, 0.1) is 6.92 Å². The van der Waals surface area contributed by atoms with Crippen molar-refractivity contribution in [2.45, 2.75) is 26.1 Å². The largest absolute Gasteiger partial charge is 0.390 e. The number of aryl methyl sites for hydroxylation is 1. The molecule has 0 atom stereocenters. The molecule has 0 aliphatic rings. The molecule has 3 nitrogen and oxygen atoms in total. The highest BCUT2D eigenvalue weighted by Crippen LogP contribution is 2.18. The summed E-state index contributed by atoms with van der Waals surface area (Å²) in [5.74, 6) is 0.368. The van der Waals surface area contributed by atoms with Gasteiger partial charge in [-0.1, -0.05) is 24.3 Å². The molecule has 1 rings (SSSR count). The fraction of sp³-hybridized carbons (Fsp3) is 0.462. The van der Waals surface area contributed by atoms with Crippen molar-refractivity contribution in [3.05, 3.63) is 35.4 Å². The van der Waals surface area contributed by atoms with Crippen molar-refractivity contribution in [1.29, 1.82) is 0 Å². The van der Waals surface area contributed by atoms with Crippen LogP contribution in [-0.4, -0.2) is 25.7 Å². The number of alkyl halides is 3. The molecule has 0 amide bonds. The lowest BCUT2D eigenvalue weighted by Crippen LogP contribution is -2.38. The van der Waals surface area contributed by atoms with Gasteiger partial charge in [0, 0.05) is 20.1 Å². The zero-order valence-electron chi connectivity index (χ0n) is 11.4. The smallest absolute Gasteiger partial charge is 0.356 e. The lowest BCUT2D eigenvalue weighted by molar-refractivity contribution is -0.132. The lowest BCUT2D eigenvalue weighted by atomic mass is 10.1. The van der Waals surface area contributed by atoms with Gasteiger partial charge < -0.3 is 10.6 Å². The Morgan fingerprint density at radius 1 is 1.20 bits per heavy atom. The van der Waals surface area contributed by atoms with Crippen molar-refractivity contribution in [3.8, 4) is 0 Å². The van der Waals surface area contributed by atoms with Crippen molar-refractivity contribution in [1.82, 2.24) is 10.6 Å². The summed E-state index contributed by atoms with van der Waals surface area (Å²) in [5.41, 5.74) is 2.21. The van der Waals surface area contributed by atoms with Crippen LogP contribution >= 0.6 is 24.0 Å². The summed E-state index contributed by atoms with van der Waals surface area (Å²) < 4.78 is 36.0. The van der Waals surface area contributed by atoms with Crippen molar-refractivity contribution in [3.63, 3.8) is 0 Å². The molecule has 0 aliphatic carbocycles. The third-order valence-electron chi connectivity index (χ3n) is 2.63. The van der Waals surface area contributed by atoms with Crippen molar-refractivity contribution >= 4 is 29.9 Å². The molecule has 0 aromatic heterocycles. The minimum absolute atomic E-state index is 0. The first kappa shape index (κ1) is 19.0. The Morgan fingerprint density at radius 2 is 1.85 bits per heavy atom. The molecule has 0 aliphatic heterocycles. The zero-order valence-corrected chi connectivity index (χ0v) is 13.8. The molecule has 1 aromatic rings. The number of aliphatic imine (C=N–C) groups is 1. The van der Waals surface area contributed by atoms with E-state index in [1.807, 2.05) is 31.2 Å². The maximum atomic E-state index is 12.0. The summed E-state index contributed by atoms with van der Waals surface area (Å²) in [6, 6.07) is 7.81. The van der Waals surface area contributed by atoms with Crippen LogP contribution in [0.2, 0.25) is 0 Å². The van der Waals surface area contributed by atoms with Gasteiger partial charge >= 0.3 is 6.18 Å². The van der Waals surface area contributed by atoms with Crippen LogP contribution in [0.1, 0.15) is 17.5 Å². The SMILES string of the molecule is CN=C(NCCC(F)(F)F)NCc1ccccc1C.I. The number of guanidine groups is 1. The zero-order chi connectivity index (χ0) is 14.3. The van der Waals surface area contributed by atoms with E-state index in [9.17, 15) is 13.2 Å². The van der Waals surface area contributed by atoms with E-state index in [4.69, 9.17) is 0 Å². The topological polar surface area (TPSA) is 36.4 Å². The van der Waals surface area contributed by atoms with E-state index in [-0.39, 0.29) is 30.5 Å². The van der Waals surface area contributed by atoms with Gasteiger partial charge in [-0.05, 0) is 18.1 Å². The van der Waals surface area contributed by atoms with Crippen LogP contribution in [0.4, 0.5) is 13.2 Å². The molecular formula is C13H19F3IN3. The molecule has 0 heterocycles. The van der Waals surface area contributed by atoms with Crippen LogP contribution in [-0.2, 0) is 6.54 Å². The molecule has 0 saturated carbocycles. The highest BCUT2D eigenvalue weighted by molar-refractivity contribution is 14.0. The molecule has 114 valence electrons. The minimum Gasteiger partial charge on any atom is -0.356 e.